The molecule has 0 atom stereocenters. The van der Waals surface area contributed by atoms with Gasteiger partial charge >= 0.3 is 0 Å². The summed E-state index contributed by atoms with van der Waals surface area (Å²) in [6.45, 7) is 3.65. The lowest BCUT2D eigenvalue weighted by Crippen LogP contribution is -2.36. The highest BCUT2D eigenvalue weighted by Crippen LogP contribution is 2.26. The third-order valence-corrected chi connectivity index (χ3v) is 2.49. The first-order valence-electron chi connectivity index (χ1n) is 4.74. The zero-order chi connectivity index (χ0) is 11.9. The van der Waals surface area contributed by atoms with Crippen molar-refractivity contribution in [2.75, 3.05) is 5.32 Å². The highest BCUT2D eigenvalue weighted by molar-refractivity contribution is 6.72. The van der Waals surface area contributed by atoms with Crippen LogP contribution in [0.4, 0.5) is 5.69 Å². The number of oxime groups is 1. The zero-order valence-electron chi connectivity index (χ0n) is 8.87. The first-order valence-corrected chi connectivity index (χ1v) is 4.74. The Morgan fingerprint density at radius 3 is 2.56 bits per heavy atom. The molecule has 0 saturated heterocycles. The quantitative estimate of drug-likeness (QED) is 0.508. The normalized spacial score (nSPS) is 17.2. The van der Waals surface area contributed by atoms with E-state index in [1.165, 1.54) is 0 Å². The van der Waals surface area contributed by atoms with Gasteiger partial charge in [0.05, 0.1) is 11.3 Å². The number of hydrogen-bond acceptors (Lipinski definition) is 4. The lowest BCUT2D eigenvalue weighted by molar-refractivity contribution is -0.110. The number of ketones is 1. The molecule has 1 amide bonds. The maximum Gasteiger partial charge on any atom is 0.281 e. The van der Waals surface area contributed by atoms with E-state index in [1.807, 2.05) is 13.0 Å². The van der Waals surface area contributed by atoms with E-state index in [2.05, 4.69) is 10.5 Å². The van der Waals surface area contributed by atoms with Crippen LogP contribution >= 0.6 is 0 Å². The average molecular weight is 218 g/mol. The number of benzene rings is 1. The number of carbonyl (C=O) groups excluding carboxylic acids is 2. The number of anilines is 1. The molecule has 0 aliphatic carbocycles. The Labute approximate surface area is 91.8 Å². The van der Waals surface area contributed by atoms with Crippen molar-refractivity contribution in [2.45, 2.75) is 13.8 Å². The van der Waals surface area contributed by atoms with E-state index in [-0.39, 0.29) is 0 Å². The number of fused-ring (bicyclic) bond motifs is 1. The van der Waals surface area contributed by atoms with Gasteiger partial charge in [-0.25, -0.2) is 0 Å². The molecule has 0 radical (unpaired) electrons. The second kappa shape index (κ2) is 3.44. The zero-order valence-corrected chi connectivity index (χ0v) is 8.87. The number of nitrogens with zero attached hydrogens (tertiary/aromatic N) is 1. The second-order valence-electron chi connectivity index (χ2n) is 3.74. The van der Waals surface area contributed by atoms with Gasteiger partial charge in [-0.2, -0.15) is 0 Å². The van der Waals surface area contributed by atoms with Crippen molar-refractivity contribution >= 4 is 23.1 Å². The van der Waals surface area contributed by atoms with Gasteiger partial charge in [-0.15, -0.1) is 0 Å². The predicted octanol–water partition coefficient (Wildman–Crippen LogP) is 1.27. The smallest absolute Gasteiger partial charge is 0.281 e. The van der Waals surface area contributed by atoms with Crippen molar-refractivity contribution in [1.29, 1.82) is 0 Å². The van der Waals surface area contributed by atoms with Crippen molar-refractivity contribution in [3.8, 4) is 0 Å². The van der Waals surface area contributed by atoms with Gasteiger partial charge in [0.2, 0.25) is 11.5 Å². The van der Waals surface area contributed by atoms with E-state index in [9.17, 15) is 9.59 Å². The molecule has 5 nitrogen and oxygen atoms in total. The largest absolute Gasteiger partial charge is 0.410 e. The molecule has 0 aromatic heterocycles. The molecule has 0 spiro atoms. The Hall–Kier alpha value is -2.17. The second-order valence-corrected chi connectivity index (χ2v) is 3.74. The van der Waals surface area contributed by atoms with E-state index < -0.39 is 17.4 Å². The summed E-state index contributed by atoms with van der Waals surface area (Å²) in [4.78, 5) is 23.2. The number of amides is 1. The van der Waals surface area contributed by atoms with Gasteiger partial charge in [0, 0.05) is 0 Å². The van der Waals surface area contributed by atoms with Gasteiger partial charge in [-0.1, -0.05) is 11.2 Å². The monoisotopic (exact) mass is 218 g/mol. The van der Waals surface area contributed by atoms with E-state index in [1.54, 1.807) is 13.0 Å². The van der Waals surface area contributed by atoms with Gasteiger partial charge < -0.3 is 10.5 Å². The van der Waals surface area contributed by atoms with Gasteiger partial charge in [-0.05, 0) is 31.0 Å². The Bertz CT molecular complexity index is 532. The number of rotatable bonds is 0. The fourth-order valence-corrected chi connectivity index (χ4v) is 1.86. The molecule has 0 saturated carbocycles. The molecular formula is C11H10N2O3. The van der Waals surface area contributed by atoms with Crippen LogP contribution in [0, 0.1) is 13.8 Å². The Balaban J connectivity index is 2.69. The minimum atomic E-state index is -0.676. The van der Waals surface area contributed by atoms with E-state index >= 15 is 0 Å². The molecule has 1 aliphatic heterocycles. The Morgan fingerprint density at radius 2 is 1.94 bits per heavy atom. The third kappa shape index (κ3) is 1.37. The fourth-order valence-electron chi connectivity index (χ4n) is 1.86. The van der Waals surface area contributed by atoms with Crippen LogP contribution in [0.3, 0.4) is 0 Å². The lowest BCUT2D eigenvalue weighted by atomic mass is 9.94. The summed E-state index contributed by atoms with van der Waals surface area (Å²) >= 11 is 0. The van der Waals surface area contributed by atoms with Crippen molar-refractivity contribution < 1.29 is 14.8 Å². The van der Waals surface area contributed by atoms with Crippen LogP contribution in [0.25, 0.3) is 0 Å². The molecule has 2 rings (SSSR count). The molecule has 16 heavy (non-hydrogen) atoms. The number of carbonyl (C=O) groups is 2. The van der Waals surface area contributed by atoms with Crippen molar-refractivity contribution in [3.63, 3.8) is 0 Å². The summed E-state index contributed by atoms with van der Waals surface area (Å²) in [5, 5.41) is 13.9. The topological polar surface area (TPSA) is 78.8 Å². The van der Waals surface area contributed by atoms with Crippen molar-refractivity contribution in [2.24, 2.45) is 5.16 Å². The van der Waals surface area contributed by atoms with Gasteiger partial charge in [0.25, 0.3) is 5.91 Å². The molecule has 5 heteroatoms. The predicted molar refractivity (Wildman–Crippen MR) is 58.1 cm³/mol. The van der Waals surface area contributed by atoms with Crippen LogP contribution in [0.15, 0.2) is 17.3 Å². The summed E-state index contributed by atoms with van der Waals surface area (Å²) in [7, 11) is 0. The van der Waals surface area contributed by atoms with Gasteiger partial charge in [0.1, 0.15) is 0 Å². The summed E-state index contributed by atoms with van der Waals surface area (Å²) in [6.07, 6.45) is 0. The van der Waals surface area contributed by atoms with Crippen LogP contribution < -0.4 is 5.32 Å². The minimum Gasteiger partial charge on any atom is -0.410 e. The standard InChI is InChI=1S/C11H10N2O3/c1-5-3-6(2)8-7(4-5)12-11(15)9(13-16)10(8)14/h3-4,16H,1-2H3,(H,12,15)/b13-9-. The molecule has 1 heterocycles. The molecule has 1 aliphatic rings. The highest BCUT2D eigenvalue weighted by Gasteiger charge is 2.32. The Kier molecular flexibility index (Phi) is 2.23. The van der Waals surface area contributed by atoms with Crippen molar-refractivity contribution in [1.82, 2.24) is 0 Å². The number of nitrogens with one attached hydrogen (secondary N) is 1. The molecule has 0 bridgehead atoms. The van der Waals surface area contributed by atoms with Gasteiger partial charge in [-0.3, -0.25) is 9.59 Å². The van der Waals surface area contributed by atoms with E-state index in [4.69, 9.17) is 5.21 Å². The number of Topliss-reactive ketones (excluding diaryl/α,β-unsaturated/α-hetero) is 1. The van der Waals surface area contributed by atoms with E-state index in [0.29, 0.717) is 11.3 Å². The summed E-state index contributed by atoms with van der Waals surface area (Å²) < 4.78 is 0. The number of hydrogen-bond donors (Lipinski definition) is 2. The molecule has 1 aromatic rings. The Morgan fingerprint density at radius 1 is 1.25 bits per heavy atom. The SMILES string of the molecule is Cc1cc(C)c2c(c1)NC(=O)/C(=N\O)C2=O. The average Bonchev–Trinajstić information content (AvgIpc) is 2.15. The maximum atomic E-state index is 11.8. The van der Waals surface area contributed by atoms with Crippen LogP contribution in [-0.4, -0.2) is 22.6 Å². The molecule has 2 N–H and O–H groups in total. The van der Waals surface area contributed by atoms with Crippen LogP contribution in [0.2, 0.25) is 0 Å². The van der Waals surface area contributed by atoms with Crippen LogP contribution in [0.1, 0.15) is 21.5 Å². The fraction of sp³-hybridized carbons (Fsp3) is 0.182. The highest BCUT2D eigenvalue weighted by atomic mass is 16.4. The van der Waals surface area contributed by atoms with Gasteiger partial charge in [0.15, 0.2) is 0 Å². The first-order chi connectivity index (χ1) is 7.54. The lowest BCUT2D eigenvalue weighted by Gasteiger charge is -2.18. The molecule has 0 fully saturated rings. The molecule has 1 aromatic carbocycles. The van der Waals surface area contributed by atoms with Crippen molar-refractivity contribution in [3.05, 3.63) is 28.8 Å². The minimum absolute atomic E-state index is 0.387. The maximum absolute atomic E-state index is 11.8. The first kappa shape index (κ1) is 10.4. The summed E-state index contributed by atoms with van der Waals surface area (Å²) in [6, 6.07) is 3.55. The van der Waals surface area contributed by atoms with Crippen LogP contribution in [-0.2, 0) is 4.79 Å². The number of aryl methyl sites for hydroxylation is 2. The summed E-state index contributed by atoms with van der Waals surface area (Å²) in [5.74, 6) is -1.22. The summed E-state index contributed by atoms with van der Waals surface area (Å²) in [5.41, 5.74) is 2.09. The molecular weight excluding hydrogens is 208 g/mol. The van der Waals surface area contributed by atoms with E-state index in [0.717, 1.165) is 11.1 Å². The molecule has 82 valence electrons. The third-order valence-electron chi connectivity index (χ3n) is 2.49. The van der Waals surface area contributed by atoms with Crippen LogP contribution in [0.5, 0.6) is 0 Å². The molecule has 0 unspecified atom stereocenters.